The van der Waals surface area contributed by atoms with Gasteiger partial charge >= 0.3 is 5.97 Å². The zero-order chi connectivity index (χ0) is 21.0. The standard InChI is InChI=1S/C20H16ClN5O3/c1-12-18(25-26(24-12)17-5-3-4-15(21)10-17)20(28)29-13(2)19(27)23-16-8-6-14(11-22)7-9-16/h3-10,13H,1-2H3,(H,23,27)/t13-/m0/s1. The van der Waals surface area contributed by atoms with Crippen LogP contribution < -0.4 is 5.32 Å². The number of hydrogen-bond acceptors (Lipinski definition) is 6. The summed E-state index contributed by atoms with van der Waals surface area (Å²) in [6, 6.07) is 15.2. The Morgan fingerprint density at radius 1 is 1.21 bits per heavy atom. The van der Waals surface area contributed by atoms with Gasteiger partial charge in [0, 0.05) is 10.7 Å². The van der Waals surface area contributed by atoms with Crippen LogP contribution in [0.1, 0.15) is 28.7 Å². The summed E-state index contributed by atoms with van der Waals surface area (Å²) in [4.78, 5) is 26.0. The zero-order valence-corrected chi connectivity index (χ0v) is 16.3. The molecule has 1 heterocycles. The van der Waals surface area contributed by atoms with Crippen LogP contribution in [0, 0.1) is 18.3 Å². The molecule has 0 fully saturated rings. The Bertz CT molecular complexity index is 1100. The van der Waals surface area contributed by atoms with E-state index >= 15 is 0 Å². The fraction of sp³-hybridized carbons (Fsp3) is 0.150. The van der Waals surface area contributed by atoms with Crippen LogP contribution in [-0.4, -0.2) is 33.0 Å². The first-order chi connectivity index (χ1) is 13.9. The fourth-order valence-corrected chi connectivity index (χ4v) is 2.61. The number of amides is 1. The van der Waals surface area contributed by atoms with Gasteiger partial charge in [0.1, 0.15) is 0 Å². The maximum Gasteiger partial charge on any atom is 0.361 e. The number of aromatic nitrogens is 3. The van der Waals surface area contributed by atoms with Gasteiger partial charge in [-0.3, -0.25) is 4.79 Å². The Hall–Kier alpha value is -3.70. The molecule has 29 heavy (non-hydrogen) atoms. The molecule has 8 nitrogen and oxygen atoms in total. The van der Waals surface area contributed by atoms with Crippen molar-refractivity contribution in [1.29, 1.82) is 5.26 Å². The van der Waals surface area contributed by atoms with E-state index in [4.69, 9.17) is 21.6 Å². The minimum absolute atomic E-state index is 0.00278. The number of esters is 1. The average molecular weight is 410 g/mol. The zero-order valence-electron chi connectivity index (χ0n) is 15.6. The molecule has 0 radical (unpaired) electrons. The van der Waals surface area contributed by atoms with E-state index < -0.39 is 18.0 Å². The SMILES string of the molecule is Cc1nn(-c2cccc(Cl)c2)nc1C(=O)O[C@@H](C)C(=O)Nc1ccc(C#N)cc1. The Morgan fingerprint density at radius 2 is 1.93 bits per heavy atom. The van der Waals surface area contributed by atoms with E-state index in [9.17, 15) is 9.59 Å². The number of carbonyl (C=O) groups is 2. The average Bonchev–Trinajstić information content (AvgIpc) is 3.10. The quantitative estimate of drug-likeness (QED) is 0.647. The number of carbonyl (C=O) groups excluding carboxylic acids is 2. The number of halogens is 1. The molecule has 0 aliphatic rings. The summed E-state index contributed by atoms with van der Waals surface area (Å²) in [5.74, 6) is -1.28. The van der Waals surface area contributed by atoms with Crippen LogP contribution in [-0.2, 0) is 9.53 Å². The molecule has 0 saturated heterocycles. The summed E-state index contributed by atoms with van der Waals surface area (Å²) in [5.41, 5.74) is 1.91. The second-order valence-corrected chi connectivity index (χ2v) is 6.57. The summed E-state index contributed by atoms with van der Waals surface area (Å²) in [7, 11) is 0. The molecule has 3 rings (SSSR count). The molecule has 146 valence electrons. The van der Waals surface area contributed by atoms with Crippen LogP contribution >= 0.6 is 11.6 Å². The Kier molecular flexibility index (Phi) is 5.90. The normalized spacial score (nSPS) is 11.4. The monoisotopic (exact) mass is 409 g/mol. The van der Waals surface area contributed by atoms with Crippen molar-refractivity contribution in [3.63, 3.8) is 0 Å². The first-order valence-electron chi connectivity index (χ1n) is 8.59. The van der Waals surface area contributed by atoms with Crippen molar-refractivity contribution < 1.29 is 14.3 Å². The van der Waals surface area contributed by atoms with Crippen molar-refractivity contribution in [2.75, 3.05) is 5.32 Å². The summed E-state index contributed by atoms with van der Waals surface area (Å²) >= 11 is 5.97. The van der Waals surface area contributed by atoms with Gasteiger partial charge in [-0.15, -0.1) is 5.10 Å². The highest BCUT2D eigenvalue weighted by molar-refractivity contribution is 6.30. The lowest BCUT2D eigenvalue weighted by Crippen LogP contribution is -2.30. The first kappa shape index (κ1) is 20.0. The Balaban J connectivity index is 1.67. The lowest BCUT2D eigenvalue weighted by atomic mass is 10.2. The van der Waals surface area contributed by atoms with Gasteiger partial charge in [-0.25, -0.2) is 4.79 Å². The van der Waals surface area contributed by atoms with Crippen LogP contribution in [0.5, 0.6) is 0 Å². The van der Waals surface area contributed by atoms with Crippen molar-refractivity contribution in [3.05, 3.63) is 70.5 Å². The Morgan fingerprint density at radius 3 is 2.59 bits per heavy atom. The van der Waals surface area contributed by atoms with Crippen LogP contribution in [0.3, 0.4) is 0 Å². The summed E-state index contributed by atoms with van der Waals surface area (Å²) in [5, 5.41) is 20.3. The number of nitrogens with one attached hydrogen (secondary N) is 1. The molecule has 1 N–H and O–H groups in total. The number of nitrogens with zero attached hydrogens (tertiary/aromatic N) is 4. The van der Waals surface area contributed by atoms with Crippen molar-refractivity contribution in [1.82, 2.24) is 15.0 Å². The molecule has 9 heteroatoms. The van der Waals surface area contributed by atoms with Crippen LogP contribution in [0.15, 0.2) is 48.5 Å². The van der Waals surface area contributed by atoms with E-state index in [0.717, 1.165) is 0 Å². The smallest absolute Gasteiger partial charge is 0.361 e. The van der Waals surface area contributed by atoms with E-state index in [1.807, 2.05) is 6.07 Å². The number of nitriles is 1. The number of rotatable bonds is 5. The summed E-state index contributed by atoms with van der Waals surface area (Å²) in [6.07, 6.45) is -1.06. The van der Waals surface area contributed by atoms with Crippen molar-refractivity contribution >= 4 is 29.2 Å². The topological polar surface area (TPSA) is 110 Å². The Labute approximate surface area is 171 Å². The van der Waals surface area contributed by atoms with Crippen LogP contribution in [0.25, 0.3) is 5.69 Å². The maximum absolute atomic E-state index is 12.4. The largest absolute Gasteiger partial charge is 0.448 e. The molecule has 1 amide bonds. The predicted octanol–water partition coefficient (Wildman–Crippen LogP) is 3.28. The third kappa shape index (κ3) is 4.78. The van der Waals surface area contributed by atoms with Gasteiger partial charge < -0.3 is 10.1 Å². The van der Waals surface area contributed by atoms with Gasteiger partial charge in [0.05, 0.1) is 23.0 Å². The first-order valence-corrected chi connectivity index (χ1v) is 8.97. The highest BCUT2D eigenvalue weighted by atomic mass is 35.5. The molecular formula is C20H16ClN5O3. The van der Waals surface area contributed by atoms with Gasteiger partial charge in [0.15, 0.2) is 11.8 Å². The number of anilines is 1. The minimum atomic E-state index is -1.06. The van der Waals surface area contributed by atoms with Gasteiger partial charge in [-0.05, 0) is 56.3 Å². The highest BCUT2D eigenvalue weighted by Crippen LogP contribution is 2.15. The molecule has 0 spiro atoms. The number of benzene rings is 2. The molecule has 1 atom stereocenters. The van der Waals surface area contributed by atoms with E-state index in [0.29, 0.717) is 27.7 Å². The highest BCUT2D eigenvalue weighted by Gasteiger charge is 2.23. The lowest BCUT2D eigenvalue weighted by Gasteiger charge is -2.12. The van der Waals surface area contributed by atoms with E-state index in [2.05, 4.69) is 15.5 Å². The molecule has 0 saturated carbocycles. The van der Waals surface area contributed by atoms with E-state index in [1.54, 1.807) is 55.5 Å². The lowest BCUT2D eigenvalue weighted by molar-refractivity contribution is -0.123. The third-order valence-corrected chi connectivity index (χ3v) is 4.18. The van der Waals surface area contributed by atoms with E-state index in [-0.39, 0.29) is 5.69 Å². The second kappa shape index (κ2) is 8.54. The van der Waals surface area contributed by atoms with E-state index in [1.165, 1.54) is 11.7 Å². The third-order valence-electron chi connectivity index (χ3n) is 3.95. The molecule has 0 unspecified atom stereocenters. The summed E-state index contributed by atoms with van der Waals surface area (Å²) < 4.78 is 5.22. The number of ether oxygens (including phenoxy) is 1. The maximum atomic E-state index is 12.4. The predicted molar refractivity (Wildman–Crippen MR) is 106 cm³/mol. The molecule has 2 aromatic carbocycles. The molecule has 0 bridgehead atoms. The van der Waals surface area contributed by atoms with Gasteiger partial charge in [0.2, 0.25) is 0 Å². The molecule has 3 aromatic rings. The number of hydrogen-bond donors (Lipinski definition) is 1. The minimum Gasteiger partial charge on any atom is -0.448 e. The van der Waals surface area contributed by atoms with Crippen LogP contribution in [0.4, 0.5) is 5.69 Å². The molecule has 0 aliphatic heterocycles. The fourth-order valence-electron chi connectivity index (χ4n) is 2.43. The molecule has 0 aliphatic carbocycles. The van der Waals surface area contributed by atoms with Gasteiger partial charge in [-0.2, -0.15) is 15.2 Å². The van der Waals surface area contributed by atoms with Crippen molar-refractivity contribution in [3.8, 4) is 11.8 Å². The van der Waals surface area contributed by atoms with Gasteiger partial charge in [-0.1, -0.05) is 17.7 Å². The molecule has 1 aromatic heterocycles. The van der Waals surface area contributed by atoms with Gasteiger partial charge in [0.25, 0.3) is 5.91 Å². The van der Waals surface area contributed by atoms with Crippen molar-refractivity contribution in [2.24, 2.45) is 0 Å². The number of aryl methyl sites for hydroxylation is 1. The summed E-state index contributed by atoms with van der Waals surface area (Å²) in [6.45, 7) is 3.07. The second-order valence-electron chi connectivity index (χ2n) is 6.13. The molecular weight excluding hydrogens is 394 g/mol. The van der Waals surface area contributed by atoms with Crippen molar-refractivity contribution in [2.45, 2.75) is 20.0 Å². The van der Waals surface area contributed by atoms with Crippen LogP contribution in [0.2, 0.25) is 5.02 Å².